The number of hydrogen-bond donors (Lipinski definition) is 1. The van der Waals surface area contributed by atoms with E-state index in [1.54, 1.807) is 27.7 Å². The summed E-state index contributed by atoms with van der Waals surface area (Å²) in [5.41, 5.74) is 0.171. The van der Waals surface area contributed by atoms with E-state index < -0.39 is 23.7 Å². The Kier molecular flexibility index (Phi) is 5.71. The van der Waals surface area contributed by atoms with Crippen LogP contribution in [-0.2, 0) is 14.3 Å². The van der Waals surface area contributed by atoms with Crippen molar-refractivity contribution in [3.63, 3.8) is 0 Å². The Morgan fingerprint density at radius 1 is 1.35 bits per heavy atom. The maximum Gasteiger partial charge on any atom is 0.408 e. The van der Waals surface area contributed by atoms with E-state index in [1.807, 2.05) is 0 Å². The van der Waals surface area contributed by atoms with Gasteiger partial charge in [0.1, 0.15) is 11.6 Å². The van der Waals surface area contributed by atoms with Crippen LogP contribution in [0.15, 0.2) is 12.2 Å². The van der Waals surface area contributed by atoms with Crippen molar-refractivity contribution in [3.05, 3.63) is 12.2 Å². The number of carbonyl (C=O) groups is 2. The Bertz CT molecular complexity index is 304. The first-order chi connectivity index (χ1) is 7.65. The summed E-state index contributed by atoms with van der Waals surface area (Å²) >= 11 is 0. The second-order valence-electron chi connectivity index (χ2n) is 4.88. The van der Waals surface area contributed by atoms with Gasteiger partial charge in [-0.15, -0.1) is 6.58 Å². The molecule has 98 valence electrons. The van der Waals surface area contributed by atoms with Gasteiger partial charge in [-0.25, -0.2) is 9.59 Å². The predicted molar refractivity (Wildman–Crippen MR) is 64.6 cm³/mol. The Morgan fingerprint density at radius 2 is 1.88 bits per heavy atom. The van der Waals surface area contributed by atoms with Gasteiger partial charge in [-0.1, -0.05) is 5.57 Å². The average molecular weight is 243 g/mol. The Morgan fingerprint density at radius 3 is 2.24 bits per heavy atom. The number of carbonyl (C=O) groups excluding carboxylic acids is 2. The molecule has 1 amide bonds. The largest absolute Gasteiger partial charge is 0.467 e. The topological polar surface area (TPSA) is 64.6 Å². The second kappa shape index (κ2) is 6.27. The SMILES string of the molecule is C=C(C)C[C@@H](NC(=O)OC(C)(C)C)C(=O)OC. The fourth-order valence-corrected chi connectivity index (χ4v) is 1.13. The smallest absolute Gasteiger partial charge is 0.408 e. The zero-order valence-corrected chi connectivity index (χ0v) is 11.1. The van der Waals surface area contributed by atoms with Gasteiger partial charge >= 0.3 is 12.1 Å². The second-order valence-corrected chi connectivity index (χ2v) is 4.88. The summed E-state index contributed by atoms with van der Waals surface area (Å²) in [5.74, 6) is -0.515. The summed E-state index contributed by atoms with van der Waals surface area (Å²) in [5, 5.41) is 2.46. The van der Waals surface area contributed by atoms with Crippen LogP contribution in [0.5, 0.6) is 0 Å². The van der Waals surface area contributed by atoms with Gasteiger partial charge in [-0.3, -0.25) is 0 Å². The third-order valence-electron chi connectivity index (χ3n) is 1.73. The van der Waals surface area contributed by atoms with Gasteiger partial charge in [0.25, 0.3) is 0 Å². The van der Waals surface area contributed by atoms with Crippen molar-refractivity contribution in [1.82, 2.24) is 5.32 Å². The van der Waals surface area contributed by atoms with E-state index >= 15 is 0 Å². The highest BCUT2D eigenvalue weighted by Crippen LogP contribution is 2.09. The molecule has 0 aliphatic rings. The number of amides is 1. The minimum absolute atomic E-state index is 0.325. The van der Waals surface area contributed by atoms with E-state index in [2.05, 4.69) is 16.6 Å². The first-order valence-electron chi connectivity index (χ1n) is 5.37. The van der Waals surface area contributed by atoms with E-state index in [4.69, 9.17) is 4.74 Å². The van der Waals surface area contributed by atoms with Crippen molar-refractivity contribution in [3.8, 4) is 0 Å². The first kappa shape index (κ1) is 15.5. The molecule has 0 unspecified atom stereocenters. The van der Waals surface area contributed by atoms with Crippen LogP contribution in [-0.4, -0.2) is 30.8 Å². The van der Waals surface area contributed by atoms with E-state index in [-0.39, 0.29) is 0 Å². The number of hydrogen-bond acceptors (Lipinski definition) is 4. The fraction of sp³-hybridized carbons (Fsp3) is 0.667. The lowest BCUT2D eigenvalue weighted by Crippen LogP contribution is -2.44. The quantitative estimate of drug-likeness (QED) is 0.606. The van der Waals surface area contributed by atoms with Gasteiger partial charge in [0.2, 0.25) is 0 Å². The summed E-state index contributed by atoms with van der Waals surface area (Å²) in [6.45, 7) is 10.7. The molecule has 0 aromatic carbocycles. The standard InChI is InChI=1S/C12H21NO4/c1-8(2)7-9(10(14)16-6)13-11(15)17-12(3,4)5/h9H,1,7H2,2-6H3,(H,13,15)/t9-/m1/s1. The van der Waals surface area contributed by atoms with Crippen LogP contribution in [0.25, 0.3) is 0 Å². The van der Waals surface area contributed by atoms with Gasteiger partial charge < -0.3 is 14.8 Å². The fourth-order valence-electron chi connectivity index (χ4n) is 1.13. The molecular formula is C12H21NO4. The molecule has 0 saturated carbocycles. The third kappa shape index (κ3) is 7.38. The predicted octanol–water partition coefficient (Wildman–Crippen LogP) is 2.02. The van der Waals surface area contributed by atoms with Crippen LogP contribution in [0.1, 0.15) is 34.1 Å². The summed E-state index contributed by atoms with van der Waals surface area (Å²) in [6.07, 6.45) is -0.319. The molecule has 0 radical (unpaired) electrons. The minimum Gasteiger partial charge on any atom is -0.467 e. The molecule has 0 aliphatic carbocycles. The van der Waals surface area contributed by atoms with Crippen molar-refractivity contribution >= 4 is 12.1 Å². The molecule has 5 heteroatoms. The first-order valence-corrected chi connectivity index (χ1v) is 5.37. The zero-order valence-electron chi connectivity index (χ0n) is 11.1. The molecule has 0 bridgehead atoms. The van der Waals surface area contributed by atoms with Crippen LogP contribution in [0.3, 0.4) is 0 Å². The minimum atomic E-state index is -0.757. The van der Waals surface area contributed by atoms with Crippen LogP contribution in [0.2, 0.25) is 0 Å². The molecule has 0 spiro atoms. The molecule has 0 saturated heterocycles. The number of rotatable bonds is 4. The normalized spacial score (nSPS) is 12.5. The molecule has 0 aromatic heterocycles. The highest BCUT2D eigenvalue weighted by Gasteiger charge is 2.24. The van der Waals surface area contributed by atoms with Gasteiger partial charge in [-0.05, 0) is 34.1 Å². The summed E-state index contributed by atoms with van der Waals surface area (Å²) in [7, 11) is 1.27. The van der Waals surface area contributed by atoms with Crippen molar-refractivity contribution in [1.29, 1.82) is 0 Å². The number of nitrogens with one attached hydrogen (secondary N) is 1. The summed E-state index contributed by atoms with van der Waals surface area (Å²) in [6, 6.07) is -0.757. The molecule has 0 fully saturated rings. The molecule has 0 aliphatic heterocycles. The van der Waals surface area contributed by atoms with Gasteiger partial charge in [0.15, 0.2) is 0 Å². The van der Waals surface area contributed by atoms with Crippen molar-refractivity contribution < 1.29 is 19.1 Å². The van der Waals surface area contributed by atoms with Crippen LogP contribution >= 0.6 is 0 Å². The van der Waals surface area contributed by atoms with Gasteiger partial charge in [0.05, 0.1) is 7.11 Å². The molecule has 0 aromatic rings. The number of esters is 1. The lowest BCUT2D eigenvalue weighted by molar-refractivity contribution is -0.143. The van der Waals surface area contributed by atoms with E-state index in [0.717, 1.165) is 5.57 Å². The third-order valence-corrected chi connectivity index (χ3v) is 1.73. The number of ether oxygens (including phenoxy) is 2. The molecule has 0 heterocycles. The number of methoxy groups -OCH3 is 1. The van der Waals surface area contributed by atoms with Crippen LogP contribution in [0.4, 0.5) is 4.79 Å². The van der Waals surface area contributed by atoms with Crippen molar-refractivity contribution in [2.24, 2.45) is 0 Å². The van der Waals surface area contributed by atoms with E-state index in [9.17, 15) is 9.59 Å². The monoisotopic (exact) mass is 243 g/mol. The Hall–Kier alpha value is -1.52. The van der Waals surface area contributed by atoms with E-state index in [1.165, 1.54) is 7.11 Å². The Balaban J connectivity index is 4.48. The summed E-state index contributed by atoms with van der Waals surface area (Å²) in [4.78, 5) is 22.9. The van der Waals surface area contributed by atoms with Crippen molar-refractivity contribution in [2.45, 2.75) is 45.8 Å². The average Bonchev–Trinajstić information content (AvgIpc) is 2.11. The van der Waals surface area contributed by atoms with E-state index in [0.29, 0.717) is 6.42 Å². The van der Waals surface area contributed by atoms with Crippen LogP contribution in [0, 0.1) is 0 Å². The lowest BCUT2D eigenvalue weighted by Gasteiger charge is -2.22. The molecule has 1 atom stereocenters. The van der Waals surface area contributed by atoms with Gasteiger partial charge in [0, 0.05) is 0 Å². The highest BCUT2D eigenvalue weighted by atomic mass is 16.6. The number of alkyl carbamates (subject to hydrolysis) is 1. The summed E-state index contributed by atoms with van der Waals surface area (Å²) < 4.78 is 9.65. The molecule has 0 rings (SSSR count). The highest BCUT2D eigenvalue weighted by molar-refractivity contribution is 5.81. The van der Waals surface area contributed by atoms with Crippen LogP contribution < -0.4 is 5.32 Å². The maximum atomic E-state index is 11.5. The lowest BCUT2D eigenvalue weighted by atomic mass is 10.1. The zero-order chi connectivity index (χ0) is 13.6. The van der Waals surface area contributed by atoms with Gasteiger partial charge in [-0.2, -0.15) is 0 Å². The molecule has 1 N–H and O–H groups in total. The molecule has 17 heavy (non-hydrogen) atoms. The maximum absolute atomic E-state index is 11.5. The Labute approximate surface area is 102 Å². The van der Waals surface area contributed by atoms with Crippen molar-refractivity contribution in [2.75, 3.05) is 7.11 Å². The molecular weight excluding hydrogens is 222 g/mol. The molecule has 5 nitrogen and oxygen atoms in total.